The normalized spacial score (nSPS) is 9.79. The van der Waals surface area contributed by atoms with Crippen LogP contribution in [0.1, 0.15) is 0 Å². The minimum absolute atomic E-state index is 0. The highest BCUT2D eigenvalue weighted by atomic mass is 35.5. The van der Waals surface area contributed by atoms with Crippen molar-refractivity contribution >= 4 is 23.3 Å². The zero-order valence-corrected chi connectivity index (χ0v) is 8.51. The Morgan fingerprint density at radius 3 is 2.93 bits per heavy atom. The highest BCUT2D eigenvalue weighted by molar-refractivity contribution is 5.85. The smallest absolute Gasteiger partial charge is 0.121 e. The van der Waals surface area contributed by atoms with Gasteiger partial charge in [-0.05, 0) is 23.6 Å². The number of aromatic nitrogens is 1. The Morgan fingerprint density at radius 1 is 1.29 bits per heavy atom. The number of aromatic amines is 1. The van der Waals surface area contributed by atoms with Gasteiger partial charge >= 0.3 is 0 Å². The average Bonchev–Trinajstić information content (AvgIpc) is 2.61. The van der Waals surface area contributed by atoms with Crippen LogP contribution < -0.4 is 10.5 Å². The van der Waals surface area contributed by atoms with Crippen LogP contribution in [0.2, 0.25) is 0 Å². The Morgan fingerprint density at radius 2 is 2.14 bits per heavy atom. The lowest BCUT2D eigenvalue weighted by Gasteiger charge is -2.03. The number of fused-ring (bicyclic) bond motifs is 1. The quantitative estimate of drug-likeness (QED) is 0.817. The lowest BCUT2D eigenvalue weighted by Crippen LogP contribution is -2.10. The second-order valence-electron chi connectivity index (χ2n) is 2.86. The van der Waals surface area contributed by atoms with E-state index in [2.05, 4.69) is 4.98 Å². The summed E-state index contributed by atoms with van der Waals surface area (Å²) in [5.41, 5.74) is 6.43. The molecule has 0 aliphatic carbocycles. The number of H-pyrrole nitrogens is 1. The van der Waals surface area contributed by atoms with Crippen molar-refractivity contribution in [1.29, 1.82) is 0 Å². The lowest BCUT2D eigenvalue weighted by molar-refractivity contribution is 0.329. The van der Waals surface area contributed by atoms with E-state index < -0.39 is 0 Å². The third-order valence-electron chi connectivity index (χ3n) is 1.91. The highest BCUT2D eigenvalue weighted by Gasteiger charge is 1.96. The predicted molar refractivity (Wildman–Crippen MR) is 60.1 cm³/mol. The molecule has 0 radical (unpaired) electrons. The molecule has 3 nitrogen and oxygen atoms in total. The van der Waals surface area contributed by atoms with Gasteiger partial charge < -0.3 is 15.5 Å². The number of rotatable bonds is 3. The number of hydrogen-bond acceptors (Lipinski definition) is 2. The summed E-state index contributed by atoms with van der Waals surface area (Å²) in [7, 11) is 0. The van der Waals surface area contributed by atoms with Crippen LogP contribution in [0.15, 0.2) is 30.5 Å². The fourth-order valence-corrected chi connectivity index (χ4v) is 1.29. The molecule has 14 heavy (non-hydrogen) atoms. The molecule has 0 saturated heterocycles. The first kappa shape index (κ1) is 10.9. The van der Waals surface area contributed by atoms with E-state index in [0.717, 1.165) is 11.3 Å². The van der Waals surface area contributed by atoms with Crippen molar-refractivity contribution in [3.05, 3.63) is 30.5 Å². The van der Waals surface area contributed by atoms with E-state index in [9.17, 15) is 0 Å². The number of halogens is 1. The van der Waals surface area contributed by atoms with E-state index >= 15 is 0 Å². The maximum atomic E-state index is 5.39. The van der Waals surface area contributed by atoms with Gasteiger partial charge in [0.25, 0.3) is 0 Å². The first-order valence-electron chi connectivity index (χ1n) is 4.30. The van der Waals surface area contributed by atoms with Crippen LogP contribution in [-0.4, -0.2) is 18.1 Å². The Balaban J connectivity index is 0.000000980. The van der Waals surface area contributed by atoms with Gasteiger partial charge in [0, 0.05) is 24.3 Å². The molecule has 4 heteroatoms. The van der Waals surface area contributed by atoms with Crippen molar-refractivity contribution in [2.45, 2.75) is 0 Å². The molecule has 2 aromatic rings. The minimum Gasteiger partial charge on any atom is -0.492 e. The largest absolute Gasteiger partial charge is 0.492 e. The summed E-state index contributed by atoms with van der Waals surface area (Å²) in [6, 6.07) is 7.98. The standard InChI is InChI=1S/C10H12N2O.ClH/c11-4-6-13-9-2-1-8-3-5-12-10(8)7-9;/h1-3,5,7,12H,4,6,11H2;1H. The average molecular weight is 213 g/mol. The van der Waals surface area contributed by atoms with Crippen LogP contribution in [0, 0.1) is 0 Å². The summed E-state index contributed by atoms with van der Waals surface area (Å²) in [5, 5.41) is 1.19. The van der Waals surface area contributed by atoms with Crippen molar-refractivity contribution in [3.8, 4) is 5.75 Å². The maximum Gasteiger partial charge on any atom is 0.121 e. The molecule has 0 aliphatic rings. The summed E-state index contributed by atoms with van der Waals surface area (Å²) in [4.78, 5) is 3.13. The van der Waals surface area contributed by atoms with Crippen molar-refractivity contribution < 1.29 is 4.74 Å². The number of nitrogens with one attached hydrogen (secondary N) is 1. The molecule has 1 aromatic carbocycles. The van der Waals surface area contributed by atoms with Crippen molar-refractivity contribution in [2.24, 2.45) is 5.73 Å². The molecule has 1 heterocycles. The molecule has 3 N–H and O–H groups in total. The van der Waals surface area contributed by atoms with Crippen molar-refractivity contribution in [3.63, 3.8) is 0 Å². The van der Waals surface area contributed by atoms with Gasteiger partial charge in [0.15, 0.2) is 0 Å². The maximum absolute atomic E-state index is 5.39. The van der Waals surface area contributed by atoms with Crippen LogP contribution in [-0.2, 0) is 0 Å². The summed E-state index contributed by atoms with van der Waals surface area (Å²) in [6.07, 6.45) is 1.91. The second-order valence-corrected chi connectivity index (χ2v) is 2.86. The number of benzene rings is 1. The molecule has 0 amide bonds. The molecule has 2 rings (SSSR count). The molecule has 0 saturated carbocycles. The van der Waals surface area contributed by atoms with Crippen LogP contribution in [0.3, 0.4) is 0 Å². The fourth-order valence-electron chi connectivity index (χ4n) is 1.29. The number of ether oxygens (including phenoxy) is 1. The lowest BCUT2D eigenvalue weighted by atomic mass is 10.2. The van der Waals surface area contributed by atoms with Gasteiger partial charge in [0.1, 0.15) is 12.4 Å². The molecular weight excluding hydrogens is 200 g/mol. The molecule has 0 bridgehead atoms. The fraction of sp³-hybridized carbons (Fsp3) is 0.200. The van der Waals surface area contributed by atoms with E-state index in [-0.39, 0.29) is 12.4 Å². The van der Waals surface area contributed by atoms with Gasteiger partial charge in [-0.15, -0.1) is 12.4 Å². The first-order chi connectivity index (χ1) is 6.40. The highest BCUT2D eigenvalue weighted by Crippen LogP contribution is 2.18. The SMILES string of the molecule is Cl.NCCOc1ccc2cc[nH]c2c1. The summed E-state index contributed by atoms with van der Waals surface area (Å²) in [5.74, 6) is 0.861. The zero-order valence-electron chi connectivity index (χ0n) is 7.69. The van der Waals surface area contributed by atoms with Crippen LogP contribution in [0.5, 0.6) is 5.75 Å². The molecule has 1 aromatic heterocycles. The molecule has 0 unspecified atom stereocenters. The van der Waals surface area contributed by atoms with E-state index in [0.29, 0.717) is 13.2 Å². The van der Waals surface area contributed by atoms with Crippen LogP contribution >= 0.6 is 12.4 Å². The van der Waals surface area contributed by atoms with E-state index in [1.54, 1.807) is 0 Å². The van der Waals surface area contributed by atoms with Crippen LogP contribution in [0.25, 0.3) is 10.9 Å². The van der Waals surface area contributed by atoms with Gasteiger partial charge in [0.2, 0.25) is 0 Å². The van der Waals surface area contributed by atoms with Gasteiger partial charge in [0.05, 0.1) is 0 Å². The van der Waals surface area contributed by atoms with E-state index in [1.165, 1.54) is 5.39 Å². The third-order valence-corrected chi connectivity index (χ3v) is 1.91. The predicted octanol–water partition coefficient (Wildman–Crippen LogP) is 1.93. The van der Waals surface area contributed by atoms with Gasteiger partial charge in [-0.2, -0.15) is 0 Å². The second kappa shape index (κ2) is 4.88. The van der Waals surface area contributed by atoms with Gasteiger partial charge in [-0.3, -0.25) is 0 Å². The summed E-state index contributed by atoms with van der Waals surface area (Å²) in [6.45, 7) is 1.11. The first-order valence-corrected chi connectivity index (χ1v) is 4.30. The van der Waals surface area contributed by atoms with Crippen molar-refractivity contribution in [2.75, 3.05) is 13.2 Å². The topological polar surface area (TPSA) is 51.0 Å². The summed E-state index contributed by atoms with van der Waals surface area (Å²) >= 11 is 0. The van der Waals surface area contributed by atoms with Crippen molar-refractivity contribution in [1.82, 2.24) is 4.98 Å². The van der Waals surface area contributed by atoms with Crippen LogP contribution in [0.4, 0.5) is 0 Å². The Hall–Kier alpha value is -1.19. The summed E-state index contributed by atoms with van der Waals surface area (Å²) < 4.78 is 5.39. The van der Waals surface area contributed by atoms with Gasteiger partial charge in [-0.25, -0.2) is 0 Å². The van der Waals surface area contributed by atoms with Gasteiger partial charge in [-0.1, -0.05) is 0 Å². The molecule has 76 valence electrons. The molecule has 0 spiro atoms. The third kappa shape index (κ3) is 2.19. The number of nitrogens with two attached hydrogens (primary N) is 1. The Kier molecular flexibility index (Phi) is 3.80. The monoisotopic (exact) mass is 212 g/mol. The van der Waals surface area contributed by atoms with E-state index in [4.69, 9.17) is 10.5 Å². The zero-order chi connectivity index (χ0) is 9.10. The molecule has 0 atom stereocenters. The molecule has 0 aliphatic heterocycles. The van der Waals surface area contributed by atoms with E-state index in [1.807, 2.05) is 30.5 Å². The molecule has 0 fully saturated rings. The minimum atomic E-state index is 0. The number of hydrogen-bond donors (Lipinski definition) is 2. The Labute approximate surface area is 88.7 Å². The molecular formula is C10H13ClN2O. The Bertz CT molecular complexity index is 400.